The van der Waals surface area contributed by atoms with Crippen molar-refractivity contribution in [1.29, 1.82) is 0 Å². The van der Waals surface area contributed by atoms with Crippen molar-refractivity contribution in [3.63, 3.8) is 0 Å². The summed E-state index contributed by atoms with van der Waals surface area (Å²) in [6.45, 7) is 8.09. The van der Waals surface area contributed by atoms with E-state index in [4.69, 9.17) is 4.74 Å². The topological polar surface area (TPSA) is 29.5 Å². The highest BCUT2D eigenvalue weighted by atomic mass is 16.5. The van der Waals surface area contributed by atoms with Crippen LogP contribution in [0.25, 0.3) is 5.76 Å². The molecular weight excluding hydrogens is 164 g/mol. The third kappa shape index (κ3) is 2.25. The van der Waals surface area contributed by atoms with E-state index < -0.39 is 0 Å². The Kier molecular flexibility index (Phi) is 2.96. The highest BCUT2D eigenvalue weighted by Gasteiger charge is 2.01. The van der Waals surface area contributed by atoms with Gasteiger partial charge in [0, 0.05) is 5.56 Å². The molecule has 70 valence electrons. The van der Waals surface area contributed by atoms with Gasteiger partial charge < -0.3 is 9.84 Å². The summed E-state index contributed by atoms with van der Waals surface area (Å²) in [4.78, 5) is 0. The van der Waals surface area contributed by atoms with Crippen LogP contribution in [0.15, 0.2) is 24.8 Å². The largest absolute Gasteiger partial charge is 0.508 e. The number of aromatic hydroxyl groups is 1. The van der Waals surface area contributed by atoms with Crippen LogP contribution in [0.5, 0.6) is 5.75 Å². The van der Waals surface area contributed by atoms with E-state index in [1.165, 1.54) is 0 Å². The molecule has 13 heavy (non-hydrogen) atoms. The SMILES string of the molecule is C=C(OCC)c1ccc(C)c(O)c1. The Morgan fingerprint density at radius 1 is 1.54 bits per heavy atom. The van der Waals surface area contributed by atoms with Crippen molar-refractivity contribution in [2.45, 2.75) is 13.8 Å². The van der Waals surface area contributed by atoms with Gasteiger partial charge in [-0.15, -0.1) is 0 Å². The van der Waals surface area contributed by atoms with Crippen molar-refractivity contribution >= 4 is 5.76 Å². The standard InChI is InChI=1S/C11H14O2/c1-4-13-9(3)10-6-5-8(2)11(12)7-10/h5-7,12H,3-4H2,1-2H3. The van der Waals surface area contributed by atoms with Crippen LogP contribution in [0.4, 0.5) is 0 Å². The average Bonchev–Trinajstić information content (AvgIpc) is 2.10. The van der Waals surface area contributed by atoms with Crippen LogP contribution in [0.2, 0.25) is 0 Å². The summed E-state index contributed by atoms with van der Waals surface area (Å²) in [6.07, 6.45) is 0. The zero-order valence-corrected chi connectivity index (χ0v) is 8.00. The van der Waals surface area contributed by atoms with Crippen molar-refractivity contribution < 1.29 is 9.84 Å². The molecule has 0 aromatic heterocycles. The Morgan fingerprint density at radius 3 is 2.77 bits per heavy atom. The van der Waals surface area contributed by atoms with Crippen molar-refractivity contribution in [1.82, 2.24) is 0 Å². The molecule has 0 fully saturated rings. The molecule has 1 aromatic carbocycles. The number of rotatable bonds is 3. The summed E-state index contributed by atoms with van der Waals surface area (Å²) < 4.78 is 5.22. The first-order chi connectivity index (χ1) is 6.15. The molecule has 2 heteroatoms. The lowest BCUT2D eigenvalue weighted by Gasteiger charge is -2.07. The third-order valence-electron chi connectivity index (χ3n) is 1.85. The fraction of sp³-hybridized carbons (Fsp3) is 0.273. The maximum Gasteiger partial charge on any atom is 0.119 e. The van der Waals surface area contributed by atoms with Crippen molar-refractivity contribution in [2.24, 2.45) is 0 Å². The molecular formula is C11H14O2. The zero-order chi connectivity index (χ0) is 9.84. The molecule has 0 radical (unpaired) electrons. The lowest BCUT2D eigenvalue weighted by atomic mass is 10.1. The molecule has 1 rings (SSSR count). The number of aryl methyl sites for hydroxylation is 1. The Bertz CT molecular complexity index is 316. The second-order valence-corrected chi connectivity index (χ2v) is 2.86. The molecule has 0 aliphatic heterocycles. The van der Waals surface area contributed by atoms with E-state index in [-0.39, 0.29) is 5.75 Å². The molecule has 0 heterocycles. The van der Waals surface area contributed by atoms with Crippen LogP contribution < -0.4 is 0 Å². The first-order valence-electron chi connectivity index (χ1n) is 4.27. The molecule has 2 nitrogen and oxygen atoms in total. The Balaban J connectivity index is 2.90. The van der Waals surface area contributed by atoms with Crippen LogP contribution in [-0.2, 0) is 4.74 Å². The zero-order valence-electron chi connectivity index (χ0n) is 8.00. The summed E-state index contributed by atoms with van der Waals surface area (Å²) in [7, 11) is 0. The lowest BCUT2D eigenvalue weighted by molar-refractivity contribution is 0.299. The maximum absolute atomic E-state index is 9.42. The molecule has 0 amide bonds. The number of hydrogen-bond donors (Lipinski definition) is 1. The molecule has 0 atom stereocenters. The lowest BCUT2D eigenvalue weighted by Crippen LogP contribution is -1.90. The molecule has 1 N–H and O–H groups in total. The van der Waals surface area contributed by atoms with Crippen LogP contribution >= 0.6 is 0 Å². The minimum Gasteiger partial charge on any atom is -0.508 e. The van der Waals surface area contributed by atoms with Crippen molar-refractivity contribution in [3.05, 3.63) is 35.9 Å². The minimum absolute atomic E-state index is 0.276. The summed E-state index contributed by atoms with van der Waals surface area (Å²) in [5.74, 6) is 0.871. The Hall–Kier alpha value is -1.44. The van der Waals surface area contributed by atoms with E-state index in [1.54, 1.807) is 6.07 Å². The predicted octanol–water partition coefficient (Wildman–Crippen LogP) is 2.71. The van der Waals surface area contributed by atoms with Crippen LogP contribution in [0.1, 0.15) is 18.1 Å². The number of benzene rings is 1. The van der Waals surface area contributed by atoms with Gasteiger partial charge >= 0.3 is 0 Å². The summed E-state index contributed by atoms with van der Waals surface area (Å²) in [6, 6.07) is 5.38. The monoisotopic (exact) mass is 178 g/mol. The van der Waals surface area contributed by atoms with Crippen LogP contribution in [0, 0.1) is 6.92 Å². The van der Waals surface area contributed by atoms with Gasteiger partial charge in [0.2, 0.25) is 0 Å². The minimum atomic E-state index is 0.276. The number of hydrogen-bond acceptors (Lipinski definition) is 2. The van der Waals surface area contributed by atoms with E-state index in [0.29, 0.717) is 12.4 Å². The second kappa shape index (κ2) is 3.99. The molecule has 0 saturated carbocycles. The summed E-state index contributed by atoms with van der Waals surface area (Å²) in [5, 5.41) is 9.42. The molecule has 0 bridgehead atoms. The van der Waals surface area contributed by atoms with E-state index in [0.717, 1.165) is 11.1 Å². The molecule has 0 aliphatic rings. The van der Waals surface area contributed by atoms with E-state index >= 15 is 0 Å². The highest BCUT2D eigenvalue weighted by Crippen LogP contribution is 2.22. The summed E-state index contributed by atoms with van der Waals surface area (Å²) >= 11 is 0. The van der Waals surface area contributed by atoms with Gasteiger partial charge in [0.1, 0.15) is 11.5 Å². The molecule has 1 aromatic rings. The molecule has 0 aliphatic carbocycles. The van der Waals surface area contributed by atoms with Crippen molar-refractivity contribution in [2.75, 3.05) is 6.61 Å². The quantitative estimate of drug-likeness (QED) is 0.721. The van der Waals surface area contributed by atoms with Crippen LogP contribution in [0.3, 0.4) is 0 Å². The third-order valence-corrected chi connectivity index (χ3v) is 1.85. The number of phenolic OH excluding ortho intramolecular Hbond substituents is 1. The van der Waals surface area contributed by atoms with E-state index in [1.807, 2.05) is 26.0 Å². The Labute approximate surface area is 78.5 Å². The van der Waals surface area contributed by atoms with Gasteiger partial charge in [-0.3, -0.25) is 0 Å². The maximum atomic E-state index is 9.42. The fourth-order valence-electron chi connectivity index (χ4n) is 1.04. The average molecular weight is 178 g/mol. The fourth-order valence-corrected chi connectivity index (χ4v) is 1.04. The van der Waals surface area contributed by atoms with Gasteiger partial charge in [-0.05, 0) is 25.5 Å². The number of phenols is 1. The van der Waals surface area contributed by atoms with Gasteiger partial charge in [-0.25, -0.2) is 0 Å². The van der Waals surface area contributed by atoms with Crippen LogP contribution in [-0.4, -0.2) is 11.7 Å². The first-order valence-corrected chi connectivity index (χ1v) is 4.27. The van der Waals surface area contributed by atoms with Gasteiger partial charge in [0.15, 0.2) is 0 Å². The van der Waals surface area contributed by atoms with E-state index in [2.05, 4.69) is 6.58 Å². The van der Waals surface area contributed by atoms with Gasteiger partial charge in [0.05, 0.1) is 6.61 Å². The Morgan fingerprint density at radius 2 is 2.23 bits per heavy atom. The predicted molar refractivity (Wildman–Crippen MR) is 53.5 cm³/mol. The van der Waals surface area contributed by atoms with Gasteiger partial charge in [-0.1, -0.05) is 18.7 Å². The smallest absolute Gasteiger partial charge is 0.119 e. The first kappa shape index (κ1) is 9.65. The molecule has 0 unspecified atom stereocenters. The second-order valence-electron chi connectivity index (χ2n) is 2.86. The van der Waals surface area contributed by atoms with Crippen molar-refractivity contribution in [3.8, 4) is 5.75 Å². The molecule has 0 spiro atoms. The summed E-state index contributed by atoms with van der Waals surface area (Å²) in [5.41, 5.74) is 1.68. The van der Waals surface area contributed by atoms with Gasteiger partial charge in [0.25, 0.3) is 0 Å². The van der Waals surface area contributed by atoms with E-state index in [9.17, 15) is 5.11 Å². The van der Waals surface area contributed by atoms with Gasteiger partial charge in [-0.2, -0.15) is 0 Å². The highest BCUT2D eigenvalue weighted by molar-refractivity contribution is 5.59. The normalized spacial score (nSPS) is 9.69. The molecule has 0 saturated heterocycles. The number of ether oxygens (including phenoxy) is 1.